The van der Waals surface area contributed by atoms with Crippen LogP contribution in [0.5, 0.6) is 5.75 Å². The average Bonchev–Trinajstić information content (AvgIpc) is 2.78. The summed E-state index contributed by atoms with van der Waals surface area (Å²) < 4.78 is 5.60. The van der Waals surface area contributed by atoms with Crippen LogP contribution in [0.15, 0.2) is 24.3 Å². The fourth-order valence-electron chi connectivity index (χ4n) is 2.74. The summed E-state index contributed by atoms with van der Waals surface area (Å²) in [5.41, 5.74) is 0.503. The van der Waals surface area contributed by atoms with Crippen LogP contribution in [0.2, 0.25) is 0 Å². The summed E-state index contributed by atoms with van der Waals surface area (Å²) in [5, 5.41) is 19.2. The van der Waals surface area contributed by atoms with Crippen molar-refractivity contribution in [2.45, 2.75) is 19.4 Å². The molecule has 0 bridgehead atoms. The lowest BCUT2D eigenvalue weighted by atomic mass is 10.2. The molecular formula is C17H25N3O2. The maximum absolute atomic E-state index is 10.2. The zero-order valence-corrected chi connectivity index (χ0v) is 13.2. The summed E-state index contributed by atoms with van der Waals surface area (Å²) in [5.74, 6) is 0.539. The van der Waals surface area contributed by atoms with E-state index in [9.17, 15) is 5.11 Å². The normalized spacial score (nSPS) is 18.4. The number of nitrogens with zero attached hydrogens (tertiary/aromatic N) is 3. The summed E-state index contributed by atoms with van der Waals surface area (Å²) in [7, 11) is 0. The zero-order chi connectivity index (χ0) is 15.8. The second kappa shape index (κ2) is 8.74. The molecule has 2 rings (SSSR count). The van der Waals surface area contributed by atoms with Gasteiger partial charge in [-0.05, 0) is 38.2 Å². The van der Waals surface area contributed by atoms with Gasteiger partial charge in [0, 0.05) is 19.6 Å². The Balaban J connectivity index is 1.78. The first kappa shape index (κ1) is 16.8. The van der Waals surface area contributed by atoms with Gasteiger partial charge in [-0.1, -0.05) is 19.1 Å². The molecule has 1 fully saturated rings. The first-order valence-electron chi connectivity index (χ1n) is 7.97. The number of benzene rings is 1. The van der Waals surface area contributed by atoms with E-state index in [0.29, 0.717) is 17.9 Å². The molecule has 1 aliphatic rings. The molecule has 1 saturated heterocycles. The van der Waals surface area contributed by atoms with Crippen LogP contribution < -0.4 is 4.74 Å². The van der Waals surface area contributed by atoms with Gasteiger partial charge in [-0.2, -0.15) is 5.26 Å². The molecule has 1 aromatic carbocycles. The number of aliphatic hydroxyl groups excluding tert-OH is 1. The molecule has 0 radical (unpaired) electrons. The van der Waals surface area contributed by atoms with E-state index in [1.165, 1.54) is 0 Å². The monoisotopic (exact) mass is 303 g/mol. The Kier molecular flexibility index (Phi) is 6.66. The number of rotatable bonds is 6. The van der Waals surface area contributed by atoms with E-state index in [1.54, 1.807) is 18.2 Å². The Morgan fingerprint density at radius 3 is 2.73 bits per heavy atom. The van der Waals surface area contributed by atoms with Gasteiger partial charge in [0.05, 0.1) is 5.56 Å². The van der Waals surface area contributed by atoms with Crippen molar-refractivity contribution in [3.63, 3.8) is 0 Å². The van der Waals surface area contributed by atoms with Crippen molar-refractivity contribution in [1.82, 2.24) is 9.80 Å². The smallest absolute Gasteiger partial charge is 0.137 e. The van der Waals surface area contributed by atoms with E-state index >= 15 is 0 Å². The molecule has 0 amide bonds. The topological polar surface area (TPSA) is 59.7 Å². The van der Waals surface area contributed by atoms with Crippen LogP contribution in [-0.2, 0) is 0 Å². The molecule has 1 atom stereocenters. The summed E-state index contributed by atoms with van der Waals surface area (Å²) in [6.07, 6.45) is 0.596. The second-order valence-corrected chi connectivity index (χ2v) is 5.66. The maximum atomic E-state index is 10.2. The molecule has 5 heteroatoms. The number of hydrogen-bond acceptors (Lipinski definition) is 5. The number of ether oxygens (including phenoxy) is 1. The van der Waals surface area contributed by atoms with E-state index in [-0.39, 0.29) is 6.61 Å². The largest absolute Gasteiger partial charge is 0.489 e. The predicted octanol–water partition coefficient (Wildman–Crippen LogP) is 1.33. The summed E-state index contributed by atoms with van der Waals surface area (Å²) in [4.78, 5) is 4.73. The number of likely N-dealkylation sites (N-methyl/N-ethyl adjacent to an activating group) is 1. The second-order valence-electron chi connectivity index (χ2n) is 5.66. The fraction of sp³-hybridized carbons (Fsp3) is 0.588. The lowest BCUT2D eigenvalue weighted by Crippen LogP contribution is -2.38. The molecule has 5 nitrogen and oxygen atoms in total. The first-order valence-corrected chi connectivity index (χ1v) is 7.97. The van der Waals surface area contributed by atoms with E-state index in [1.807, 2.05) is 6.07 Å². The highest BCUT2D eigenvalue weighted by atomic mass is 16.5. The van der Waals surface area contributed by atoms with Gasteiger partial charge in [0.1, 0.15) is 24.5 Å². The third kappa shape index (κ3) is 4.99. The van der Waals surface area contributed by atoms with Crippen LogP contribution in [-0.4, -0.2) is 66.9 Å². The van der Waals surface area contributed by atoms with Crippen molar-refractivity contribution in [3.05, 3.63) is 29.8 Å². The van der Waals surface area contributed by atoms with Gasteiger partial charge in [0.25, 0.3) is 0 Å². The molecule has 0 spiro atoms. The zero-order valence-electron chi connectivity index (χ0n) is 13.2. The summed E-state index contributed by atoms with van der Waals surface area (Å²) >= 11 is 0. The lowest BCUT2D eigenvalue weighted by molar-refractivity contribution is 0.0693. The summed E-state index contributed by atoms with van der Waals surface area (Å²) in [6.45, 7) is 8.30. The van der Waals surface area contributed by atoms with E-state index in [4.69, 9.17) is 10.00 Å². The van der Waals surface area contributed by atoms with Crippen LogP contribution >= 0.6 is 0 Å². The maximum Gasteiger partial charge on any atom is 0.137 e. The Hall–Kier alpha value is -1.61. The Bertz CT molecular complexity index is 501. The lowest BCUT2D eigenvalue weighted by Gasteiger charge is -2.23. The number of nitriles is 1. The van der Waals surface area contributed by atoms with E-state index in [2.05, 4.69) is 22.8 Å². The van der Waals surface area contributed by atoms with Crippen LogP contribution in [0.4, 0.5) is 0 Å². The third-order valence-electron chi connectivity index (χ3n) is 4.04. The minimum Gasteiger partial charge on any atom is -0.489 e. The molecule has 1 heterocycles. The third-order valence-corrected chi connectivity index (χ3v) is 4.04. The molecular weight excluding hydrogens is 278 g/mol. The van der Waals surface area contributed by atoms with Gasteiger partial charge < -0.3 is 14.7 Å². The van der Waals surface area contributed by atoms with Crippen LogP contribution in [0, 0.1) is 11.3 Å². The minimum atomic E-state index is -0.542. The minimum absolute atomic E-state index is 0.215. The molecule has 22 heavy (non-hydrogen) atoms. The standard InChI is InChI=1S/C17H25N3O2/c1-2-19-8-5-9-20(11-10-19)13-16(21)14-22-17-7-4-3-6-15(17)12-18/h3-4,6-7,16,21H,2,5,8-11,13-14H2,1H3. The Morgan fingerprint density at radius 2 is 1.95 bits per heavy atom. The van der Waals surface area contributed by atoms with Gasteiger partial charge in [-0.15, -0.1) is 0 Å². The molecule has 1 aromatic rings. The number of para-hydroxylation sites is 1. The quantitative estimate of drug-likeness (QED) is 0.859. The Morgan fingerprint density at radius 1 is 1.23 bits per heavy atom. The molecule has 1 N–H and O–H groups in total. The SMILES string of the molecule is CCN1CCCN(CC(O)COc2ccccc2C#N)CC1. The van der Waals surface area contributed by atoms with Gasteiger partial charge in [0.15, 0.2) is 0 Å². The van der Waals surface area contributed by atoms with Crippen molar-refractivity contribution >= 4 is 0 Å². The van der Waals surface area contributed by atoms with Gasteiger partial charge in [-0.3, -0.25) is 4.90 Å². The van der Waals surface area contributed by atoms with Crippen molar-refractivity contribution in [1.29, 1.82) is 5.26 Å². The van der Waals surface area contributed by atoms with Gasteiger partial charge in [0.2, 0.25) is 0 Å². The van der Waals surface area contributed by atoms with Gasteiger partial charge >= 0.3 is 0 Å². The molecule has 0 aliphatic carbocycles. The highest BCUT2D eigenvalue weighted by Gasteiger charge is 2.17. The molecule has 1 unspecified atom stereocenters. The fourth-order valence-corrected chi connectivity index (χ4v) is 2.74. The molecule has 120 valence electrons. The van der Waals surface area contributed by atoms with Crippen LogP contribution in [0.25, 0.3) is 0 Å². The number of hydrogen-bond donors (Lipinski definition) is 1. The predicted molar refractivity (Wildman–Crippen MR) is 85.8 cm³/mol. The van der Waals surface area contributed by atoms with Crippen LogP contribution in [0.3, 0.4) is 0 Å². The summed E-state index contributed by atoms with van der Waals surface area (Å²) in [6, 6.07) is 9.21. The molecule has 0 aromatic heterocycles. The van der Waals surface area contributed by atoms with Crippen molar-refractivity contribution in [2.24, 2.45) is 0 Å². The first-order chi connectivity index (χ1) is 10.7. The highest BCUT2D eigenvalue weighted by molar-refractivity contribution is 5.42. The van der Waals surface area contributed by atoms with Gasteiger partial charge in [-0.25, -0.2) is 0 Å². The Labute approximate surface area is 132 Å². The van der Waals surface area contributed by atoms with Crippen LogP contribution in [0.1, 0.15) is 18.9 Å². The van der Waals surface area contributed by atoms with E-state index < -0.39 is 6.10 Å². The van der Waals surface area contributed by atoms with Crippen molar-refractivity contribution < 1.29 is 9.84 Å². The number of β-amino-alcohol motifs (C(OH)–C–C–N with tert-alkyl or cyclic N) is 1. The molecule has 1 aliphatic heterocycles. The van der Waals surface area contributed by atoms with E-state index in [0.717, 1.165) is 39.1 Å². The average molecular weight is 303 g/mol. The van der Waals surface area contributed by atoms with Crippen molar-refractivity contribution in [2.75, 3.05) is 45.9 Å². The molecule has 0 saturated carbocycles. The highest BCUT2D eigenvalue weighted by Crippen LogP contribution is 2.16. The van der Waals surface area contributed by atoms with Crippen molar-refractivity contribution in [3.8, 4) is 11.8 Å². The number of aliphatic hydroxyl groups is 1.